The van der Waals surface area contributed by atoms with Crippen molar-refractivity contribution < 1.29 is 23.9 Å². The topological polar surface area (TPSA) is 104 Å². The molecule has 0 atom stereocenters. The summed E-state index contributed by atoms with van der Waals surface area (Å²) in [5.41, 5.74) is 2.43. The Kier molecular flexibility index (Phi) is 6.26. The lowest BCUT2D eigenvalue weighted by Gasteiger charge is -2.12. The standard InChI is InChI=1S/C25H21N3O6/c1-32-20-13-7-16(8-14-20)23-21(15-17-5-4-6-22(33-2)24(17)34-3)25(29)27(26-23)18-9-11-19(12-10-18)28(30)31/h4-15H,1-3H3. The van der Waals surface area contributed by atoms with Crippen LogP contribution in [0, 0.1) is 10.1 Å². The molecule has 0 spiro atoms. The van der Waals surface area contributed by atoms with E-state index in [4.69, 9.17) is 14.2 Å². The zero-order chi connectivity index (χ0) is 24.2. The quantitative estimate of drug-likeness (QED) is 0.294. The van der Waals surface area contributed by atoms with Gasteiger partial charge in [-0.25, -0.2) is 0 Å². The van der Waals surface area contributed by atoms with E-state index in [1.807, 2.05) is 6.07 Å². The number of nitro groups is 1. The number of anilines is 1. The summed E-state index contributed by atoms with van der Waals surface area (Å²) in [6.07, 6.45) is 1.69. The number of hydrazone groups is 1. The van der Waals surface area contributed by atoms with Crippen LogP contribution in [0.3, 0.4) is 0 Å². The highest BCUT2D eigenvalue weighted by atomic mass is 16.6. The minimum atomic E-state index is -0.498. The number of nitrogens with zero attached hydrogens (tertiary/aromatic N) is 3. The van der Waals surface area contributed by atoms with E-state index < -0.39 is 4.92 Å². The van der Waals surface area contributed by atoms with Crippen molar-refractivity contribution in [2.75, 3.05) is 26.3 Å². The van der Waals surface area contributed by atoms with Crippen molar-refractivity contribution in [1.29, 1.82) is 0 Å². The third-order valence-electron chi connectivity index (χ3n) is 5.28. The fourth-order valence-corrected chi connectivity index (χ4v) is 3.58. The molecule has 0 radical (unpaired) electrons. The molecule has 0 fully saturated rings. The molecular weight excluding hydrogens is 438 g/mol. The van der Waals surface area contributed by atoms with Crippen molar-refractivity contribution >= 4 is 29.1 Å². The predicted octanol–water partition coefficient (Wildman–Crippen LogP) is 4.46. The molecule has 4 rings (SSSR count). The molecule has 9 heteroatoms. The second kappa shape index (κ2) is 9.45. The summed E-state index contributed by atoms with van der Waals surface area (Å²) in [5, 5.41) is 16.8. The van der Waals surface area contributed by atoms with Crippen LogP contribution >= 0.6 is 0 Å². The first-order valence-electron chi connectivity index (χ1n) is 10.2. The summed E-state index contributed by atoms with van der Waals surface area (Å²) < 4.78 is 16.1. The summed E-state index contributed by atoms with van der Waals surface area (Å²) in [4.78, 5) is 24.0. The second-order valence-electron chi connectivity index (χ2n) is 7.21. The Labute approximate surface area is 195 Å². The molecule has 0 aliphatic carbocycles. The maximum Gasteiger partial charge on any atom is 0.281 e. The average molecular weight is 459 g/mol. The van der Waals surface area contributed by atoms with E-state index >= 15 is 0 Å². The average Bonchev–Trinajstić information content (AvgIpc) is 3.19. The summed E-state index contributed by atoms with van der Waals surface area (Å²) in [6.45, 7) is 0. The number of nitro benzene ring substituents is 1. The number of rotatable bonds is 7. The number of non-ortho nitro benzene ring substituents is 1. The zero-order valence-electron chi connectivity index (χ0n) is 18.7. The number of amides is 1. The lowest BCUT2D eigenvalue weighted by molar-refractivity contribution is -0.384. The van der Waals surface area contributed by atoms with Crippen molar-refractivity contribution in [2.45, 2.75) is 0 Å². The Hall–Kier alpha value is -4.66. The molecule has 0 bridgehead atoms. The van der Waals surface area contributed by atoms with Crippen molar-refractivity contribution in [3.63, 3.8) is 0 Å². The molecule has 3 aromatic carbocycles. The third kappa shape index (κ3) is 4.18. The van der Waals surface area contributed by atoms with Gasteiger partial charge >= 0.3 is 0 Å². The maximum absolute atomic E-state index is 13.5. The highest BCUT2D eigenvalue weighted by Crippen LogP contribution is 2.35. The number of hydrogen-bond donors (Lipinski definition) is 0. The Morgan fingerprint density at radius 3 is 2.21 bits per heavy atom. The van der Waals surface area contributed by atoms with Crippen LogP contribution in [0.2, 0.25) is 0 Å². The van der Waals surface area contributed by atoms with E-state index in [9.17, 15) is 14.9 Å². The molecule has 3 aromatic rings. The lowest BCUT2D eigenvalue weighted by Crippen LogP contribution is -2.21. The fourth-order valence-electron chi connectivity index (χ4n) is 3.58. The van der Waals surface area contributed by atoms with E-state index in [1.165, 1.54) is 43.5 Å². The number of hydrogen-bond acceptors (Lipinski definition) is 7. The van der Waals surface area contributed by atoms with Crippen molar-refractivity contribution in [1.82, 2.24) is 0 Å². The number of para-hydroxylation sites is 1. The molecule has 172 valence electrons. The molecule has 0 unspecified atom stereocenters. The van der Waals surface area contributed by atoms with Crippen LogP contribution in [-0.2, 0) is 4.79 Å². The summed E-state index contributed by atoms with van der Waals surface area (Å²) in [5.74, 6) is 1.29. The van der Waals surface area contributed by atoms with E-state index in [-0.39, 0.29) is 11.6 Å². The molecule has 1 aliphatic heterocycles. The SMILES string of the molecule is COc1ccc(C2=NN(c3ccc([N+](=O)[O-])cc3)C(=O)C2=Cc2cccc(OC)c2OC)cc1. The maximum atomic E-state index is 13.5. The highest BCUT2D eigenvalue weighted by Gasteiger charge is 2.32. The van der Waals surface area contributed by atoms with Gasteiger partial charge in [0.1, 0.15) is 11.5 Å². The number of carbonyl (C=O) groups excluding carboxylic acids is 1. The van der Waals surface area contributed by atoms with Crippen LogP contribution < -0.4 is 19.2 Å². The molecule has 1 amide bonds. The molecule has 0 saturated heterocycles. The molecule has 9 nitrogen and oxygen atoms in total. The van der Waals surface area contributed by atoms with Gasteiger partial charge in [-0.05, 0) is 48.5 Å². The summed E-state index contributed by atoms with van der Waals surface area (Å²) in [6, 6.07) is 18.2. The number of carbonyl (C=O) groups is 1. The second-order valence-corrected chi connectivity index (χ2v) is 7.21. The summed E-state index contributed by atoms with van der Waals surface area (Å²) >= 11 is 0. The van der Waals surface area contributed by atoms with Gasteiger partial charge in [-0.1, -0.05) is 12.1 Å². The summed E-state index contributed by atoms with van der Waals surface area (Å²) in [7, 11) is 4.64. The number of methoxy groups -OCH3 is 3. The van der Waals surface area contributed by atoms with Crippen molar-refractivity contribution in [3.05, 3.63) is 93.5 Å². The largest absolute Gasteiger partial charge is 0.497 e. The first kappa shape index (κ1) is 22.5. The third-order valence-corrected chi connectivity index (χ3v) is 5.28. The predicted molar refractivity (Wildman–Crippen MR) is 128 cm³/mol. The van der Waals surface area contributed by atoms with Gasteiger partial charge in [0.25, 0.3) is 11.6 Å². The molecule has 1 aliphatic rings. The smallest absolute Gasteiger partial charge is 0.281 e. The van der Waals surface area contributed by atoms with Gasteiger partial charge in [0, 0.05) is 23.3 Å². The van der Waals surface area contributed by atoms with Crippen LogP contribution in [0.15, 0.2) is 77.4 Å². The lowest BCUT2D eigenvalue weighted by atomic mass is 9.99. The van der Waals surface area contributed by atoms with Crippen LogP contribution in [0.5, 0.6) is 17.2 Å². The van der Waals surface area contributed by atoms with Crippen LogP contribution in [0.4, 0.5) is 11.4 Å². The normalized spacial score (nSPS) is 14.2. The minimum absolute atomic E-state index is 0.0772. The Morgan fingerprint density at radius 2 is 1.62 bits per heavy atom. The monoisotopic (exact) mass is 459 g/mol. The zero-order valence-corrected chi connectivity index (χ0v) is 18.7. The minimum Gasteiger partial charge on any atom is -0.497 e. The molecule has 1 heterocycles. The van der Waals surface area contributed by atoms with Crippen molar-refractivity contribution in [3.8, 4) is 17.2 Å². The van der Waals surface area contributed by atoms with E-state index in [0.29, 0.717) is 45.3 Å². The number of ether oxygens (including phenoxy) is 3. The Morgan fingerprint density at radius 1 is 0.912 bits per heavy atom. The molecule has 0 saturated carbocycles. The van der Waals surface area contributed by atoms with Gasteiger partial charge in [-0.2, -0.15) is 10.1 Å². The molecule has 34 heavy (non-hydrogen) atoms. The van der Waals surface area contributed by atoms with Crippen LogP contribution in [0.1, 0.15) is 11.1 Å². The Balaban J connectivity index is 1.84. The van der Waals surface area contributed by atoms with Gasteiger partial charge in [-0.3, -0.25) is 14.9 Å². The van der Waals surface area contributed by atoms with E-state index in [2.05, 4.69) is 5.10 Å². The van der Waals surface area contributed by atoms with Gasteiger partial charge in [0.15, 0.2) is 11.5 Å². The molecule has 0 N–H and O–H groups in total. The van der Waals surface area contributed by atoms with Crippen molar-refractivity contribution in [2.24, 2.45) is 5.10 Å². The molecular formula is C25H21N3O6. The highest BCUT2D eigenvalue weighted by molar-refractivity contribution is 6.37. The Bertz CT molecular complexity index is 1300. The van der Waals surface area contributed by atoms with Gasteiger partial charge in [0.05, 0.1) is 37.5 Å². The van der Waals surface area contributed by atoms with Crippen LogP contribution in [0.25, 0.3) is 6.08 Å². The van der Waals surface area contributed by atoms with Gasteiger partial charge in [0.2, 0.25) is 0 Å². The molecule has 0 aromatic heterocycles. The van der Waals surface area contributed by atoms with Gasteiger partial charge in [-0.15, -0.1) is 0 Å². The van der Waals surface area contributed by atoms with Gasteiger partial charge < -0.3 is 14.2 Å². The number of benzene rings is 3. The van der Waals surface area contributed by atoms with E-state index in [0.717, 1.165) is 0 Å². The van der Waals surface area contributed by atoms with E-state index in [1.54, 1.807) is 49.6 Å². The fraction of sp³-hybridized carbons (Fsp3) is 0.120. The van der Waals surface area contributed by atoms with Crippen LogP contribution in [-0.4, -0.2) is 37.9 Å². The first-order chi connectivity index (χ1) is 16.5. The first-order valence-corrected chi connectivity index (χ1v) is 10.2.